The van der Waals surface area contributed by atoms with Crippen molar-refractivity contribution in [1.29, 1.82) is 0 Å². The maximum atomic E-state index is 11.5. The predicted octanol–water partition coefficient (Wildman–Crippen LogP) is 3.27. The molecular weight excluding hydrogens is 238 g/mol. The summed E-state index contributed by atoms with van der Waals surface area (Å²) in [7, 11) is 0. The molecule has 0 aliphatic rings. The van der Waals surface area contributed by atoms with E-state index in [0.717, 1.165) is 16.3 Å². The van der Waals surface area contributed by atoms with E-state index in [1.807, 2.05) is 30.5 Å². The molecule has 2 nitrogen and oxygen atoms in total. The molecular formula is C12H15NOS2. The van der Waals surface area contributed by atoms with Crippen molar-refractivity contribution in [2.75, 3.05) is 23.1 Å². The van der Waals surface area contributed by atoms with Gasteiger partial charge in [-0.25, -0.2) is 0 Å². The van der Waals surface area contributed by atoms with Crippen LogP contribution in [0.1, 0.15) is 0 Å². The van der Waals surface area contributed by atoms with E-state index >= 15 is 0 Å². The lowest BCUT2D eigenvalue weighted by Crippen LogP contribution is -2.14. The Balaban J connectivity index is 2.45. The van der Waals surface area contributed by atoms with E-state index in [0.29, 0.717) is 5.75 Å². The Bertz CT molecular complexity index is 366. The van der Waals surface area contributed by atoms with Gasteiger partial charge in [0.2, 0.25) is 5.91 Å². The zero-order valence-electron chi connectivity index (χ0n) is 9.23. The maximum Gasteiger partial charge on any atom is 0.234 e. The SMILES string of the molecule is C=CCSCC(=O)Nc1cccc(SC)c1. The first-order chi connectivity index (χ1) is 7.76. The fraction of sp³-hybridized carbons (Fsp3) is 0.250. The number of anilines is 1. The molecule has 1 amide bonds. The molecule has 4 heteroatoms. The molecule has 1 aromatic rings. The molecule has 16 heavy (non-hydrogen) atoms. The first-order valence-corrected chi connectivity index (χ1v) is 7.26. The molecule has 0 aromatic heterocycles. The molecule has 0 heterocycles. The minimum Gasteiger partial charge on any atom is -0.325 e. The highest BCUT2D eigenvalue weighted by atomic mass is 32.2. The van der Waals surface area contributed by atoms with Gasteiger partial charge in [0.1, 0.15) is 0 Å². The molecule has 1 N–H and O–H groups in total. The molecule has 1 rings (SSSR count). The van der Waals surface area contributed by atoms with Crippen LogP contribution in [0.4, 0.5) is 5.69 Å². The molecule has 0 bridgehead atoms. The van der Waals surface area contributed by atoms with Crippen LogP contribution in [0.2, 0.25) is 0 Å². The van der Waals surface area contributed by atoms with Crippen LogP contribution in [0.15, 0.2) is 41.8 Å². The van der Waals surface area contributed by atoms with E-state index < -0.39 is 0 Å². The topological polar surface area (TPSA) is 29.1 Å². The summed E-state index contributed by atoms with van der Waals surface area (Å²) in [6.07, 6.45) is 3.81. The Morgan fingerprint density at radius 2 is 2.38 bits per heavy atom. The molecule has 0 aliphatic heterocycles. The molecule has 0 radical (unpaired) electrons. The molecule has 0 saturated carbocycles. The van der Waals surface area contributed by atoms with Crippen LogP contribution in [-0.2, 0) is 4.79 Å². The van der Waals surface area contributed by atoms with Crippen LogP contribution < -0.4 is 5.32 Å². The van der Waals surface area contributed by atoms with Crippen molar-refractivity contribution >= 4 is 35.1 Å². The quantitative estimate of drug-likeness (QED) is 0.479. The Kier molecular flexibility index (Phi) is 6.11. The number of amides is 1. The second-order valence-electron chi connectivity index (χ2n) is 3.08. The van der Waals surface area contributed by atoms with E-state index in [-0.39, 0.29) is 5.91 Å². The zero-order chi connectivity index (χ0) is 11.8. The second-order valence-corrected chi connectivity index (χ2v) is 4.99. The van der Waals surface area contributed by atoms with Crippen molar-refractivity contribution in [3.8, 4) is 0 Å². The highest BCUT2D eigenvalue weighted by Crippen LogP contribution is 2.19. The number of hydrogen-bond donors (Lipinski definition) is 1. The van der Waals surface area contributed by atoms with E-state index in [4.69, 9.17) is 0 Å². The lowest BCUT2D eigenvalue weighted by Gasteiger charge is -2.05. The molecule has 0 unspecified atom stereocenters. The summed E-state index contributed by atoms with van der Waals surface area (Å²) in [6, 6.07) is 7.83. The minimum atomic E-state index is 0.0325. The fourth-order valence-corrected chi connectivity index (χ4v) is 2.13. The van der Waals surface area contributed by atoms with Gasteiger partial charge in [0.05, 0.1) is 5.75 Å². The van der Waals surface area contributed by atoms with E-state index in [1.165, 1.54) is 0 Å². The molecule has 1 aromatic carbocycles. The van der Waals surface area contributed by atoms with Crippen molar-refractivity contribution in [3.63, 3.8) is 0 Å². The van der Waals surface area contributed by atoms with Gasteiger partial charge in [-0.1, -0.05) is 12.1 Å². The van der Waals surface area contributed by atoms with Gasteiger partial charge < -0.3 is 5.32 Å². The first kappa shape index (κ1) is 13.2. The van der Waals surface area contributed by atoms with Crippen LogP contribution >= 0.6 is 23.5 Å². The number of thioether (sulfide) groups is 2. The predicted molar refractivity (Wildman–Crippen MR) is 74.4 cm³/mol. The lowest BCUT2D eigenvalue weighted by molar-refractivity contribution is -0.113. The lowest BCUT2D eigenvalue weighted by atomic mass is 10.3. The largest absolute Gasteiger partial charge is 0.325 e. The smallest absolute Gasteiger partial charge is 0.234 e. The zero-order valence-corrected chi connectivity index (χ0v) is 10.9. The van der Waals surface area contributed by atoms with Crippen molar-refractivity contribution in [3.05, 3.63) is 36.9 Å². The summed E-state index contributed by atoms with van der Waals surface area (Å²) in [6.45, 7) is 3.61. The van der Waals surface area contributed by atoms with E-state index in [9.17, 15) is 4.79 Å². The van der Waals surface area contributed by atoms with Crippen LogP contribution in [0.5, 0.6) is 0 Å². The monoisotopic (exact) mass is 253 g/mol. The Morgan fingerprint density at radius 3 is 3.06 bits per heavy atom. The van der Waals surface area contributed by atoms with Gasteiger partial charge in [0, 0.05) is 16.3 Å². The summed E-state index contributed by atoms with van der Waals surface area (Å²) in [4.78, 5) is 12.7. The van der Waals surface area contributed by atoms with Gasteiger partial charge in [-0.15, -0.1) is 30.1 Å². The third-order valence-corrected chi connectivity index (χ3v) is 3.49. The standard InChI is InChI=1S/C12H15NOS2/c1-3-7-16-9-12(14)13-10-5-4-6-11(8-10)15-2/h3-6,8H,1,7,9H2,2H3,(H,13,14). The van der Waals surface area contributed by atoms with Gasteiger partial charge in [0.15, 0.2) is 0 Å². The number of hydrogen-bond acceptors (Lipinski definition) is 3. The van der Waals surface area contributed by atoms with Gasteiger partial charge >= 0.3 is 0 Å². The minimum absolute atomic E-state index is 0.0325. The Labute approximate surface area is 105 Å². The van der Waals surface area contributed by atoms with Crippen molar-refractivity contribution in [1.82, 2.24) is 0 Å². The maximum absolute atomic E-state index is 11.5. The molecule has 0 aliphatic carbocycles. The van der Waals surface area contributed by atoms with Crippen molar-refractivity contribution in [2.24, 2.45) is 0 Å². The molecule has 0 fully saturated rings. The van der Waals surface area contributed by atoms with Crippen LogP contribution in [0, 0.1) is 0 Å². The summed E-state index contributed by atoms with van der Waals surface area (Å²) in [5.74, 6) is 1.30. The number of carbonyl (C=O) groups excluding carboxylic acids is 1. The molecule has 0 saturated heterocycles. The number of carbonyl (C=O) groups is 1. The Hall–Kier alpha value is -0.870. The number of benzene rings is 1. The van der Waals surface area contributed by atoms with Gasteiger partial charge in [0.25, 0.3) is 0 Å². The van der Waals surface area contributed by atoms with Crippen molar-refractivity contribution < 1.29 is 4.79 Å². The summed E-state index contributed by atoms with van der Waals surface area (Å²) >= 11 is 3.22. The third kappa shape index (κ3) is 4.77. The highest BCUT2D eigenvalue weighted by molar-refractivity contribution is 8.00. The van der Waals surface area contributed by atoms with E-state index in [1.54, 1.807) is 29.6 Å². The normalized spacial score (nSPS) is 9.81. The highest BCUT2D eigenvalue weighted by Gasteiger charge is 2.02. The summed E-state index contributed by atoms with van der Waals surface area (Å²) in [5.41, 5.74) is 0.857. The van der Waals surface area contributed by atoms with Crippen LogP contribution in [0.3, 0.4) is 0 Å². The molecule has 0 atom stereocenters. The van der Waals surface area contributed by atoms with Crippen LogP contribution in [0.25, 0.3) is 0 Å². The first-order valence-electron chi connectivity index (χ1n) is 4.89. The van der Waals surface area contributed by atoms with Gasteiger partial charge in [-0.05, 0) is 24.5 Å². The van der Waals surface area contributed by atoms with Gasteiger partial charge in [-0.3, -0.25) is 4.79 Å². The number of nitrogens with one attached hydrogen (secondary N) is 1. The second kappa shape index (κ2) is 7.41. The van der Waals surface area contributed by atoms with Gasteiger partial charge in [-0.2, -0.15) is 0 Å². The van der Waals surface area contributed by atoms with Crippen LogP contribution in [-0.4, -0.2) is 23.7 Å². The fourth-order valence-electron chi connectivity index (χ4n) is 1.13. The average Bonchev–Trinajstić information content (AvgIpc) is 2.29. The number of rotatable bonds is 6. The molecule has 0 spiro atoms. The molecule has 86 valence electrons. The average molecular weight is 253 g/mol. The summed E-state index contributed by atoms with van der Waals surface area (Å²) in [5, 5.41) is 2.87. The Morgan fingerprint density at radius 1 is 1.56 bits per heavy atom. The van der Waals surface area contributed by atoms with E-state index in [2.05, 4.69) is 11.9 Å². The third-order valence-electron chi connectivity index (χ3n) is 1.82. The van der Waals surface area contributed by atoms with Crippen molar-refractivity contribution in [2.45, 2.75) is 4.90 Å². The summed E-state index contributed by atoms with van der Waals surface area (Å²) < 4.78 is 0.